The molecule has 0 aliphatic heterocycles. The van der Waals surface area contributed by atoms with Crippen LogP contribution < -0.4 is 5.73 Å². The molecule has 0 bridgehead atoms. The van der Waals surface area contributed by atoms with Gasteiger partial charge in [-0.2, -0.15) is 0 Å². The lowest BCUT2D eigenvalue weighted by molar-refractivity contribution is -0.131. The second kappa shape index (κ2) is 5.15. The molecule has 0 atom stereocenters. The van der Waals surface area contributed by atoms with E-state index in [-0.39, 0.29) is 5.91 Å². The lowest BCUT2D eigenvalue weighted by atomic mass is 9.91. The molecule has 0 saturated heterocycles. The fourth-order valence-corrected chi connectivity index (χ4v) is 1.96. The van der Waals surface area contributed by atoms with Crippen LogP contribution in [0.4, 0.5) is 0 Å². The number of hydrogen-bond donors (Lipinski definition) is 1. The molecule has 1 saturated carbocycles. The Balaban J connectivity index is 2.40. The number of carbonyl (C=O) groups excluding carboxylic acids is 1. The summed E-state index contributed by atoms with van der Waals surface area (Å²) in [7, 11) is 1.88. The Hall–Kier alpha value is -0.830. The number of amides is 1. The van der Waals surface area contributed by atoms with Crippen LogP contribution >= 0.6 is 0 Å². The second-order valence-corrected chi connectivity index (χ2v) is 4.07. The Morgan fingerprint density at radius 2 is 2.07 bits per heavy atom. The normalized spacial score (nSPS) is 27.0. The molecule has 80 valence electrons. The van der Waals surface area contributed by atoms with Gasteiger partial charge in [0, 0.05) is 25.6 Å². The van der Waals surface area contributed by atoms with Crippen molar-refractivity contribution in [2.24, 2.45) is 5.73 Å². The molecule has 0 heterocycles. The maximum Gasteiger partial charge on any atom is 0.226 e. The molecule has 1 aliphatic rings. The lowest BCUT2D eigenvalue weighted by Crippen LogP contribution is -2.41. The minimum absolute atomic E-state index is 0.167. The first kappa shape index (κ1) is 11.2. The van der Waals surface area contributed by atoms with Crippen LogP contribution in [0.1, 0.15) is 32.1 Å². The maximum atomic E-state index is 11.5. The molecule has 0 unspecified atom stereocenters. The SMILES string of the molecule is C=CCC(=O)N(C)C1CCC(N)CC1. The molecule has 3 heteroatoms. The first-order chi connectivity index (χ1) is 6.65. The van der Waals surface area contributed by atoms with Crippen molar-refractivity contribution >= 4 is 5.91 Å². The van der Waals surface area contributed by atoms with Gasteiger partial charge in [0.1, 0.15) is 0 Å². The highest BCUT2D eigenvalue weighted by Gasteiger charge is 2.23. The van der Waals surface area contributed by atoms with Crippen LogP contribution in [0.5, 0.6) is 0 Å². The van der Waals surface area contributed by atoms with Crippen LogP contribution in [-0.4, -0.2) is 29.9 Å². The summed E-state index contributed by atoms with van der Waals surface area (Å²) in [6.45, 7) is 3.57. The molecule has 1 aliphatic carbocycles. The molecule has 2 N–H and O–H groups in total. The number of hydrogen-bond acceptors (Lipinski definition) is 2. The minimum Gasteiger partial charge on any atom is -0.343 e. The zero-order valence-corrected chi connectivity index (χ0v) is 8.91. The number of rotatable bonds is 3. The topological polar surface area (TPSA) is 46.3 Å². The van der Waals surface area contributed by atoms with E-state index >= 15 is 0 Å². The van der Waals surface area contributed by atoms with Crippen LogP contribution in [0.2, 0.25) is 0 Å². The fourth-order valence-electron chi connectivity index (χ4n) is 1.96. The van der Waals surface area contributed by atoms with Crippen LogP contribution in [0.3, 0.4) is 0 Å². The molecule has 0 spiro atoms. The van der Waals surface area contributed by atoms with E-state index in [0.717, 1.165) is 25.7 Å². The van der Waals surface area contributed by atoms with Crippen LogP contribution in [-0.2, 0) is 4.79 Å². The van der Waals surface area contributed by atoms with Gasteiger partial charge in [0.2, 0.25) is 5.91 Å². The van der Waals surface area contributed by atoms with E-state index in [2.05, 4.69) is 6.58 Å². The number of nitrogens with two attached hydrogens (primary N) is 1. The predicted octanol–water partition coefficient (Wildman–Crippen LogP) is 1.29. The van der Waals surface area contributed by atoms with Gasteiger partial charge >= 0.3 is 0 Å². The molecular formula is C11H20N2O. The van der Waals surface area contributed by atoms with Gasteiger partial charge in [-0.1, -0.05) is 6.08 Å². The molecular weight excluding hydrogens is 176 g/mol. The van der Waals surface area contributed by atoms with Crippen LogP contribution in [0.25, 0.3) is 0 Å². The van der Waals surface area contributed by atoms with Gasteiger partial charge < -0.3 is 10.6 Å². The molecule has 0 aromatic rings. The highest BCUT2D eigenvalue weighted by molar-refractivity contribution is 5.77. The van der Waals surface area contributed by atoms with Gasteiger partial charge in [0.15, 0.2) is 0 Å². The average Bonchev–Trinajstić information content (AvgIpc) is 2.18. The highest BCUT2D eigenvalue weighted by Crippen LogP contribution is 2.21. The third-order valence-electron chi connectivity index (χ3n) is 3.00. The van der Waals surface area contributed by atoms with Gasteiger partial charge in [-0.25, -0.2) is 0 Å². The van der Waals surface area contributed by atoms with Crippen molar-refractivity contribution in [3.63, 3.8) is 0 Å². The Labute approximate surface area is 86.0 Å². The summed E-state index contributed by atoms with van der Waals surface area (Å²) in [6, 6.07) is 0.733. The molecule has 14 heavy (non-hydrogen) atoms. The third kappa shape index (κ3) is 2.84. The van der Waals surface area contributed by atoms with Crippen molar-refractivity contribution in [2.75, 3.05) is 7.05 Å². The van der Waals surface area contributed by atoms with Crippen molar-refractivity contribution in [1.29, 1.82) is 0 Å². The zero-order chi connectivity index (χ0) is 10.6. The summed E-state index contributed by atoms with van der Waals surface area (Å²) in [5, 5.41) is 0. The van der Waals surface area contributed by atoms with E-state index in [9.17, 15) is 4.79 Å². The van der Waals surface area contributed by atoms with E-state index < -0.39 is 0 Å². The summed E-state index contributed by atoms with van der Waals surface area (Å²) in [6.07, 6.45) is 6.26. The smallest absolute Gasteiger partial charge is 0.226 e. The third-order valence-corrected chi connectivity index (χ3v) is 3.00. The second-order valence-electron chi connectivity index (χ2n) is 4.07. The number of nitrogens with zero attached hydrogens (tertiary/aromatic N) is 1. The van der Waals surface area contributed by atoms with E-state index in [0.29, 0.717) is 18.5 Å². The predicted molar refractivity (Wildman–Crippen MR) is 57.8 cm³/mol. The standard InChI is InChI=1S/C11H20N2O/c1-3-4-11(14)13(2)10-7-5-9(12)6-8-10/h3,9-10H,1,4-8,12H2,2H3. The van der Waals surface area contributed by atoms with Crippen LogP contribution in [0.15, 0.2) is 12.7 Å². The van der Waals surface area contributed by atoms with E-state index in [1.54, 1.807) is 6.08 Å². The zero-order valence-electron chi connectivity index (χ0n) is 8.91. The Kier molecular flexibility index (Phi) is 4.14. The monoisotopic (exact) mass is 196 g/mol. The molecule has 1 rings (SSSR count). The first-order valence-electron chi connectivity index (χ1n) is 5.27. The fraction of sp³-hybridized carbons (Fsp3) is 0.727. The minimum atomic E-state index is 0.167. The van der Waals surface area contributed by atoms with Gasteiger partial charge in [-0.05, 0) is 25.7 Å². The molecule has 0 aromatic heterocycles. The lowest BCUT2D eigenvalue weighted by Gasteiger charge is -2.33. The van der Waals surface area contributed by atoms with Crippen molar-refractivity contribution in [3.05, 3.63) is 12.7 Å². The first-order valence-corrected chi connectivity index (χ1v) is 5.27. The van der Waals surface area contributed by atoms with Crippen molar-refractivity contribution < 1.29 is 4.79 Å². The number of carbonyl (C=O) groups is 1. The summed E-state index contributed by atoms with van der Waals surface area (Å²) in [4.78, 5) is 13.4. The van der Waals surface area contributed by atoms with Gasteiger partial charge in [0.25, 0.3) is 0 Å². The molecule has 3 nitrogen and oxygen atoms in total. The highest BCUT2D eigenvalue weighted by atomic mass is 16.2. The van der Waals surface area contributed by atoms with Crippen molar-refractivity contribution in [1.82, 2.24) is 4.90 Å². The maximum absolute atomic E-state index is 11.5. The van der Waals surface area contributed by atoms with Crippen molar-refractivity contribution in [2.45, 2.75) is 44.2 Å². The molecule has 1 fully saturated rings. The largest absolute Gasteiger partial charge is 0.343 e. The van der Waals surface area contributed by atoms with Crippen LogP contribution in [0, 0.1) is 0 Å². The summed E-state index contributed by atoms with van der Waals surface area (Å²) < 4.78 is 0. The molecule has 0 radical (unpaired) electrons. The van der Waals surface area contributed by atoms with E-state index in [4.69, 9.17) is 5.73 Å². The van der Waals surface area contributed by atoms with Gasteiger partial charge in [-0.3, -0.25) is 4.79 Å². The Morgan fingerprint density at radius 1 is 1.50 bits per heavy atom. The average molecular weight is 196 g/mol. The molecule has 1 amide bonds. The van der Waals surface area contributed by atoms with Crippen molar-refractivity contribution in [3.8, 4) is 0 Å². The summed E-state index contributed by atoms with van der Waals surface area (Å²) in [5.41, 5.74) is 5.81. The van der Waals surface area contributed by atoms with Gasteiger partial charge in [0.05, 0.1) is 0 Å². The Morgan fingerprint density at radius 3 is 2.57 bits per heavy atom. The summed E-state index contributed by atoms with van der Waals surface area (Å²) >= 11 is 0. The quantitative estimate of drug-likeness (QED) is 0.691. The molecule has 0 aromatic carbocycles. The van der Waals surface area contributed by atoms with E-state index in [1.807, 2.05) is 11.9 Å². The van der Waals surface area contributed by atoms with Gasteiger partial charge in [-0.15, -0.1) is 6.58 Å². The Bertz CT molecular complexity index is 207. The summed E-state index contributed by atoms with van der Waals surface area (Å²) in [5.74, 6) is 0.167. The van der Waals surface area contributed by atoms with E-state index in [1.165, 1.54) is 0 Å².